The summed E-state index contributed by atoms with van der Waals surface area (Å²) in [6.07, 6.45) is 2.49. The van der Waals surface area contributed by atoms with Crippen LogP contribution in [0.3, 0.4) is 0 Å². The monoisotopic (exact) mass is 406 g/mol. The first kappa shape index (κ1) is 19.7. The summed E-state index contributed by atoms with van der Waals surface area (Å²) >= 11 is 0. The number of carboxylic acid groups (broad SMARTS) is 1. The fraction of sp³-hybridized carbons (Fsp3) is 0.261. The average molecular weight is 406 g/mol. The van der Waals surface area contributed by atoms with Gasteiger partial charge in [0.1, 0.15) is 11.3 Å². The lowest BCUT2D eigenvalue weighted by molar-refractivity contribution is -0.308. The van der Waals surface area contributed by atoms with E-state index in [-0.39, 0.29) is 5.63 Å². The first-order valence-electron chi connectivity index (χ1n) is 9.72. The Morgan fingerprint density at radius 1 is 1.13 bits per heavy atom. The second-order valence-electron chi connectivity index (χ2n) is 7.28. The molecule has 4 rings (SSSR count). The summed E-state index contributed by atoms with van der Waals surface area (Å²) < 4.78 is 11.1. The van der Waals surface area contributed by atoms with Gasteiger partial charge in [0.05, 0.1) is 12.0 Å². The van der Waals surface area contributed by atoms with E-state index in [0.29, 0.717) is 22.5 Å². The Bertz CT molecular complexity index is 1180. The third-order valence-electron chi connectivity index (χ3n) is 5.37. The molecule has 1 N–H and O–H groups in total. The van der Waals surface area contributed by atoms with Gasteiger partial charge in [0.2, 0.25) is 0 Å². The maximum atomic E-state index is 12.3. The van der Waals surface area contributed by atoms with Gasteiger partial charge in [0.25, 0.3) is 5.91 Å². The van der Waals surface area contributed by atoms with Gasteiger partial charge in [-0.2, -0.15) is 0 Å². The molecule has 0 spiro atoms. The summed E-state index contributed by atoms with van der Waals surface area (Å²) in [6, 6.07) is 10.6. The van der Waals surface area contributed by atoms with Crippen molar-refractivity contribution in [2.45, 2.75) is 32.2 Å². The number of amides is 1. The maximum Gasteiger partial charge on any atom is 0.339 e. The lowest BCUT2D eigenvalue weighted by Crippen LogP contribution is -2.43. The Hall–Kier alpha value is -3.61. The van der Waals surface area contributed by atoms with Crippen molar-refractivity contribution in [3.8, 4) is 5.75 Å². The van der Waals surface area contributed by atoms with Crippen LogP contribution in [-0.2, 0) is 22.4 Å². The Morgan fingerprint density at radius 2 is 1.87 bits per heavy atom. The van der Waals surface area contributed by atoms with Crippen LogP contribution in [0.4, 0.5) is 0 Å². The number of carbonyl (C=O) groups is 2. The van der Waals surface area contributed by atoms with Gasteiger partial charge in [-0.05, 0) is 49.4 Å². The van der Waals surface area contributed by atoms with E-state index in [2.05, 4.69) is 5.32 Å². The lowest BCUT2D eigenvalue weighted by atomic mass is 10.0. The molecule has 0 bridgehead atoms. The van der Waals surface area contributed by atoms with E-state index in [1.807, 2.05) is 6.07 Å². The van der Waals surface area contributed by atoms with Crippen molar-refractivity contribution in [1.29, 1.82) is 0 Å². The third-order valence-corrected chi connectivity index (χ3v) is 5.37. The van der Waals surface area contributed by atoms with Gasteiger partial charge in [-0.1, -0.05) is 30.3 Å². The molecule has 0 unspecified atom stereocenters. The van der Waals surface area contributed by atoms with Crippen molar-refractivity contribution in [2.75, 3.05) is 6.61 Å². The van der Waals surface area contributed by atoms with Crippen LogP contribution >= 0.6 is 0 Å². The number of aliphatic carboxylic acids is 1. The molecule has 0 saturated heterocycles. The number of carboxylic acids is 1. The number of ether oxygens (including phenoxy) is 1. The van der Waals surface area contributed by atoms with Crippen LogP contribution in [0.2, 0.25) is 0 Å². The first-order valence-corrected chi connectivity index (χ1v) is 9.72. The molecule has 0 fully saturated rings. The number of fused-ring (bicyclic) bond motifs is 3. The van der Waals surface area contributed by atoms with Crippen LogP contribution in [0.5, 0.6) is 5.75 Å². The van der Waals surface area contributed by atoms with E-state index in [1.165, 1.54) is 0 Å². The van der Waals surface area contributed by atoms with Crippen molar-refractivity contribution in [2.24, 2.45) is 0 Å². The smallest absolute Gasteiger partial charge is 0.339 e. The number of carbonyl (C=O) groups excluding carboxylic acids is 2. The minimum atomic E-state index is -1.41. The number of rotatable bonds is 6. The van der Waals surface area contributed by atoms with Crippen molar-refractivity contribution in [3.63, 3.8) is 0 Å². The largest absolute Gasteiger partial charge is 0.548 e. The highest BCUT2D eigenvalue weighted by Gasteiger charge is 2.22. The zero-order valence-electron chi connectivity index (χ0n) is 16.4. The summed E-state index contributed by atoms with van der Waals surface area (Å²) in [5.74, 6) is -1.63. The number of hydrogen-bond acceptors (Lipinski definition) is 6. The van der Waals surface area contributed by atoms with Crippen LogP contribution in [0, 0.1) is 6.92 Å². The summed E-state index contributed by atoms with van der Waals surface area (Å²) in [6.45, 7) is 1.37. The number of aryl methyl sites for hydroxylation is 2. The van der Waals surface area contributed by atoms with Crippen molar-refractivity contribution < 1.29 is 23.8 Å². The van der Waals surface area contributed by atoms with E-state index in [1.54, 1.807) is 43.3 Å². The van der Waals surface area contributed by atoms with Crippen molar-refractivity contribution in [3.05, 3.63) is 75.1 Å². The van der Waals surface area contributed by atoms with Gasteiger partial charge < -0.3 is 24.4 Å². The van der Waals surface area contributed by atoms with Crippen LogP contribution in [0.25, 0.3) is 11.0 Å². The third kappa shape index (κ3) is 3.66. The molecule has 7 nitrogen and oxygen atoms in total. The van der Waals surface area contributed by atoms with Crippen molar-refractivity contribution >= 4 is 22.8 Å². The maximum absolute atomic E-state index is 12.3. The van der Waals surface area contributed by atoms with Crippen molar-refractivity contribution in [1.82, 2.24) is 5.32 Å². The lowest BCUT2D eigenvalue weighted by Gasteiger charge is -2.20. The van der Waals surface area contributed by atoms with Crippen LogP contribution in [0.1, 0.15) is 34.7 Å². The summed E-state index contributed by atoms with van der Waals surface area (Å²) in [7, 11) is 0. The zero-order valence-corrected chi connectivity index (χ0v) is 16.4. The number of benzene rings is 2. The van der Waals surface area contributed by atoms with Crippen LogP contribution in [-0.4, -0.2) is 18.5 Å². The molecular weight excluding hydrogens is 386 g/mol. The van der Waals surface area contributed by atoms with Gasteiger partial charge in [0, 0.05) is 16.5 Å². The molecule has 3 aromatic rings. The number of hydrogen-bond donors (Lipinski definition) is 1. The second-order valence-corrected chi connectivity index (χ2v) is 7.28. The van der Waals surface area contributed by atoms with Gasteiger partial charge in [0.15, 0.2) is 6.61 Å². The fourth-order valence-corrected chi connectivity index (χ4v) is 3.89. The second kappa shape index (κ2) is 8.02. The highest BCUT2D eigenvalue weighted by molar-refractivity contribution is 5.87. The highest BCUT2D eigenvalue weighted by atomic mass is 16.5. The Labute approximate surface area is 172 Å². The fourth-order valence-electron chi connectivity index (χ4n) is 3.89. The zero-order chi connectivity index (χ0) is 21.3. The molecule has 1 aromatic heterocycles. The van der Waals surface area contributed by atoms with Gasteiger partial charge in [-0.15, -0.1) is 0 Å². The molecule has 7 heteroatoms. The molecule has 0 saturated carbocycles. The Morgan fingerprint density at radius 3 is 2.60 bits per heavy atom. The van der Waals surface area contributed by atoms with E-state index in [4.69, 9.17) is 9.15 Å². The van der Waals surface area contributed by atoms with E-state index >= 15 is 0 Å². The summed E-state index contributed by atoms with van der Waals surface area (Å²) in [5, 5.41) is 14.7. The molecule has 0 radical (unpaired) electrons. The van der Waals surface area contributed by atoms with Crippen LogP contribution < -0.4 is 20.8 Å². The van der Waals surface area contributed by atoms with Gasteiger partial charge in [-0.25, -0.2) is 4.79 Å². The predicted molar refractivity (Wildman–Crippen MR) is 107 cm³/mol. The molecule has 1 amide bonds. The highest BCUT2D eigenvalue weighted by Crippen LogP contribution is 2.33. The SMILES string of the molecule is Cc1c(OCC(=O)N[C@@H](C(=O)[O-])c2ccccc2)ccc2c3c(c(=O)oc12)CCC3. The minimum absolute atomic E-state index is 0.326. The molecule has 1 aliphatic carbocycles. The first-order chi connectivity index (χ1) is 14.5. The molecule has 2 aromatic carbocycles. The molecular formula is C23H20NO6-. The quantitative estimate of drug-likeness (QED) is 0.623. The van der Waals surface area contributed by atoms with Crippen LogP contribution in [0.15, 0.2) is 51.7 Å². The standard InChI is InChI=1S/C23H21NO6/c1-13-18(11-10-16-15-8-5-9-17(15)23(28)30-21(13)16)29-12-19(25)24-20(22(26)27)14-6-3-2-4-7-14/h2-4,6-7,10-11,20H,5,8-9,12H2,1H3,(H,24,25)(H,26,27)/p-1/t20-/m1/s1. The van der Waals surface area contributed by atoms with Gasteiger partial charge in [-0.3, -0.25) is 4.79 Å². The molecule has 1 atom stereocenters. The molecule has 1 heterocycles. The van der Waals surface area contributed by atoms with E-state index in [9.17, 15) is 19.5 Å². The topological polar surface area (TPSA) is 109 Å². The van der Waals surface area contributed by atoms with E-state index in [0.717, 1.165) is 35.8 Å². The number of nitrogens with one attached hydrogen (secondary N) is 1. The average Bonchev–Trinajstić information content (AvgIpc) is 3.23. The Kier molecular flexibility index (Phi) is 5.27. The predicted octanol–water partition coefficient (Wildman–Crippen LogP) is 1.58. The molecule has 1 aliphatic rings. The molecule has 154 valence electrons. The Balaban J connectivity index is 1.51. The normalized spacial score (nSPS) is 13.6. The molecule has 30 heavy (non-hydrogen) atoms. The van der Waals surface area contributed by atoms with E-state index < -0.39 is 24.5 Å². The molecule has 0 aliphatic heterocycles. The minimum Gasteiger partial charge on any atom is -0.548 e. The van der Waals surface area contributed by atoms with Gasteiger partial charge >= 0.3 is 5.63 Å². The summed E-state index contributed by atoms with van der Waals surface area (Å²) in [5.41, 5.74) is 2.91. The summed E-state index contributed by atoms with van der Waals surface area (Å²) in [4.78, 5) is 36.0.